The van der Waals surface area contributed by atoms with E-state index in [0.29, 0.717) is 6.04 Å². The molecule has 1 aliphatic heterocycles. The molecule has 0 spiro atoms. The normalized spacial score (nSPS) is 21.8. The van der Waals surface area contributed by atoms with E-state index >= 15 is 0 Å². The van der Waals surface area contributed by atoms with Gasteiger partial charge in [0.05, 0.1) is 5.88 Å². The molecule has 0 unspecified atom stereocenters. The maximum Gasteiger partial charge on any atom is 0.153 e. The molecule has 1 saturated heterocycles. The highest BCUT2D eigenvalue weighted by Gasteiger charge is 2.17. The molecule has 4 nitrogen and oxygen atoms in total. The average molecular weight is 192 g/mol. The van der Waals surface area contributed by atoms with E-state index < -0.39 is 10.7 Å². The highest BCUT2D eigenvalue weighted by atomic mass is 32.2. The predicted molar refractivity (Wildman–Crippen MR) is 48.8 cm³/mol. The van der Waals surface area contributed by atoms with Crippen molar-refractivity contribution in [3.8, 4) is 0 Å². The van der Waals surface area contributed by atoms with E-state index in [1.165, 1.54) is 0 Å². The van der Waals surface area contributed by atoms with Crippen LogP contribution < -0.4 is 5.32 Å². The Morgan fingerprint density at radius 1 is 1.42 bits per heavy atom. The molecule has 1 N–H and O–H groups in total. The third kappa shape index (κ3) is 3.08. The Morgan fingerprint density at radius 2 is 2.00 bits per heavy atom. The van der Waals surface area contributed by atoms with Crippen molar-refractivity contribution < 1.29 is 8.42 Å². The third-order valence-corrected chi connectivity index (χ3v) is 2.94. The van der Waals surface area contributed by atoms with Gasteiger partial charge in [-0.15, -0.1) is 0 Å². The van der Waals surface area contributed by atoms with Gasteiger partial charge in [-0.1, -0.05) is 0 Å². The summed E-state index contributed by atoms with van der Waals surface area (Å²) >= 11 is 0. The average Bonchev–Trinajstić information content (AvgIpc) is 2.05. The van der Waals surface area contributed by atoms with Crippen LogP contribution in [0.4, 0.5) is 0 Å². The van der Waals surface area contributed by atoms with Gasteiger partial charge in [-0.2, -0.15) is 0 Å². The predicted octanol–water partition coefficient (Wildman–Crippen LogP) is -0.761. The second-order valence-electron chi connectivity index (χ2n) is 3.16. The number of hydrogen-bond donors (Lipinski definition) is 2. The molecule has 0 radical (unpaired) electrons. The standard InChI is InChI=1S/C7H16N2O2S/c1-8-7-2-4-9(5-3-7)6-12(10)11/h7-8,12H,2-6H2,1H3. The number of nitrogens with one attached hydrogen (secondary N) is 1. The van der Waals surface area contributed by atoms with E-state index in [1.807, 2.05) is 11.9 Å². The molecule has 0 amide bonds. The molecule has 1 heterocycles. The Morgan fingerprint density at radius 3 is 2.42 bits per heavy atom. The van der Waals surface area contributed by atoms with Crippen LogP contribution in [0.1, 0.15) is 12.8 Å². The van der Waals surface area contributed by atoms with Gasteiger partial charge in [-0.05, 0) is 19.9 Å². The largest absolute Gasteiger partial charge is 0.317 e. The third-order valence-electron chi connectivity index (χ3n) is 2.31. The van der Waals surface area contributed by atoms with Crippen molar-refractivity contribution >= 4 is 10.7 Å². The summed E-state index contributed by atoms with van der Waals surface area (Å²) in [5, 5.41) is 3.20. The monoisotopic (exact) mass is 192 g/mol. The smallest absolute Gasteiger partial charge is 0.153 e. The minimum Gasteiger partial charge on any atom is -0.317 e. The van der Waals surface area contributed by atoms with Gasteiger partial charge in [0.25, 0.3) is 0 Å². The summed E-state index contributed by atoms with van der Waals surface area (Å²) in [5.74, 6) is 0.228. The second-order valence-corrected chi connectivity index (χ2v) is 4.10. The van der Waals surface area contributed by atoms with Gasteiger partial charge in [0, 0.05) is 19.1 Å². The van der Waals surface area contributed by atoms with Crippen LogP contribution in [-0.4, -0.2) is 45.4 Å². The van der Waals surface area contributed by atoms with Crippen molar-refractivity contribution in [3.05, 3.63) is 0 Å². The molecule has 1 fully saturated rings. The molecular weight excluding hydrogens is 176 g/mol. The first kappa shape index (κ1) is 9.95. The van der Waals surface area contributed by atoms with Gasteiger partial charge >= 0.3 is 0 Å². The zero-order valence-corrected chi connectivity index (χ0v) is 8.22. The fourth-order valence-corrected chi connectivity index (χ4v) is 2.14. The van der Waals surface area contributed by atoms with Crippen LogP contribution in [0.5, 0.6) is 0 Å². The van der Waals surface area contributed by atoms with E-state index in [0.717, 1.165) is 25.9 Å². The molecule has 5 heteroatoms. The van der Waals surface area contributed by atoms with E-state index in [4.69, 9.17) is 0 Å². The van der Waals surface area contributed by atoms with Gasteiger partial charge in [0.15, 0.2) is 10.7 Å². The second kappa shape index (κ2) is 4.79. The summed E-state index contributed by atoms with van der Waals surface area (Å²) in [6, 6.07) is 0.575. The Bertz CT molecular complexity index is 190. The fraction of sp³-hybridized carbons (Fsp3) is 1.00. The van der Waals surface area contributed by atoms with Gasteiger partial charge < -0.3 is 5.32 Å². The Kier molecular flexibility index (Phi) is 3.97. The number of piperidine rings is 1. The number of likely N-dealkylation sites (tertiary alicyclic amines) is 1. The molecule has 0 bridgehead atoms. The SMILES string of the molecule is CNC1CCN(C[SH](=O)=O)CC1. The highest BCUT2D eigenvalue weighted by Crippen LogP contribution is 2.08. The molecule has 0 aromatic heterocycles. The van der Waals surface area contributed by atoms with E-state index in [-0.39, 0.29) is 5.88 Å². The van der Waals surface area contributed by atoms with Crippen LogP contribution in [0, 0.1) is 0 Å². The van der Waals surface area contributed by atoms with Crippen molar-refractivity contribution in [1.82, 2.24) is 10.2 Å². The van der Waals surface area contributed by atoms with Crippen molar-refractivity contribution in [3.63, 3.8) is 0 Å². The number of hydrogen-bond acceptors (Lipinski definition) is 4. The van der Waals surface area contributed by atoms with Crippen LogP contribution in [0.2, 0.25) is 0 Å². The first-order valence-corrected chi connectivity index (χ1v) is 5.60. The zero-order chi connectivity index (χ0) is 8.97. The molecule has 0 saturated carbocycles. The van der Waals surface area contributed by atoms with Crippen LogP contribution in [0.15, 0.2) is 0 Å². The summed E-state index contributed by atoms with van der Waals surface area (Å²) in [6.45, 7) is 1.80. The maximum atomic E-state index is 10.4. The van der Waals surface area contributed by atoms with E-state index in [2.05, 4.69) is 5.32 Å². The van der Waals surface area contributed by atoms with Crippen molar-refractivity contribution in [1.29, 1.82) is 0 Å². The number of thiol groups is 1. The van der Waals surface area contributed by atoms with Crippen molar-refractivity contribution in [2.45, 2.75) is 18.9 Å². The van der Waals surface area contributed by atoms with Gasteiger partial charge in [-0.25, -0.2) is 8.42 Å². The van der Waals surface area contributed by atoms with Crippen LogP contribution in [0.3, 0.4) is 0 Å². The molecule has 72 valence electrons. The minimum absolute atomic E-state index is 0.228. The summed E-state index contributed by atoms with van der Waals surface area (Å²) in [6.07, 6.45) is 2.11. The molecule has 1 rings (SSSR count). The first-order chi connectivity index (χ1) is 5.72. The molecule has 0 aromatic rings. The quantitative estimate of drug-likeness (QED) is 0.577. The Labute approximate surface area is 74.9 Å². The van der Waals surface area contributed by atoms with E-state index in [9.17, 15) is 8.42 Å². The molecule has 1 aliphatic rings. The summed E-state index contributed by atoms with van der Waals surface area (Å²) < 4.78 is 20.8. The van der Waals surface area contributed by atoms with Crippen LogP contribution >= 0.6 is 0 Å². The van der Waals surface area contributed by atoms with Crippen molar-refractivity contribution in [2.24, 2.45) is 0 Å². The molecule has 0 aliphatic carbocycles. The lowest BCUT2D eigenvalue weighted by molar-refractivity contribution is 0.229. The van der Waals surface area contributed by atoms with E-state index in [1.54, 1.807) is 0 Å². The molecule has 12 heavy (non-hydrogen) atoms. The topological polar surface area (TPSA) is 49.4 Å². The Balaban J connectivity index is 2.26. The summed E-state index contributed by atoms with van der Waals surface area (Å²) in [7, 11) is -0.284. The molecule has 0 atom stereocenters. The number of nitrogens with zero attached hydrogens (tertiary/aromatic N) is 1. The zero-order valence-electron chi connectivity index (χ0n) is 7.32. The lowest BCUT2D eigenvalue weighted by atomic mass is 10.1. The fourth-order valence-electron chi connectivity index (χ4n) is 1.53. The van der Waals surface area contributed by atoms with Crippen LogP contribution in [0.25, 0.3) is 0 Å². The lowest BCUT2D eigenvalue weighted by Crippen LogP contribution is -2.41. The first-order valence-electron chi connectivity index (χ1n) is 4.24. The van der Waals surface area contributed by atoms with Crippen molar-refractivity contribution in [2.75, 3.05) is 26.0 Å². The van der Waals surface area contributed by atoms with Gasteiger partial charge in [0.2, 0.25) is 0 Å². The lowest BCUT2D eigenvalue weighted by Gasteiger charge is -2.29. The van der Waals surface area contributed by atoms with Gasteiger partial charge in [-0.3, -0.25) is 4.90 Å². The Hall–Kier alpha value is -0.130. The molecular formula is C7H16N2O2S. The highest BCUT2D eigenvalue weighted by molar-refractivity contribution is 7.72. The maximum absolute atomic E-state index is 10.4. The summed E-state index contributed by atoms with van der Waals surface area (Å²) in [5.41, 5.74) is 0. The van der Waals surface area contributed by atoms with Gasteiger partial charge in [0.1, 0.15) is 0 Å². The minimum atomic E-state index is -2.24. The number of rotatable bonds is 3. The summed E-state index contributed by atoms with van der Waals surface area (Å²) in [4.78, 5) is 1.99. The van der Waals surface area contributed by atoms with Crippen LogP contribution in [-0.2, 0) is 10.7 Å². The molecule has 0 aromatic carbocycles.